The highest BCUT2D eigenvalue weighted by molar-refractivity contribution is 6.33. The number of hydrogen-bond donors (Lipinski definition) is 1. The highest BCUT2D eigenvalue weighted by atomic mass is 35.5. The van der Waals surface area contributed by atoms with E-state index >= 15 is 0 Å². The van der Waals surface area contributed by atoms with E-state index in [0.717, 1.165) is 5.69 Å². The summed E-state index contributed by atoms with van der Waals surface area (Å²) in [5.74, 6) is 0. The van der Waals surface area contributed by atoms with Crippen LogP contribution in [0, 0.1) is 0 Å². The van der Waals surface area contributed by atoms with Crippen LogP contribution < -0.4 is 4.90 Å². The summed E-state index contributed by atoms with van der Waals surface area (Å²) in [5, 5.41) is 17.5. The molecule has 0 aromatic carbocycles. The molecule has 0 radical (unpaired) electrons. The van der Waals surface area contributed by atoms with Crippen molar-refractivity contribution in [2.75, 3.05) is 18.0 Å². The number of aliphatic hydroxyl groups is 1. The van der Waals surface area contributed by atoms with Crippen molar-refractivity contribution < 1.29 is 5.11 Å². The molecule has 1 fully saturated rings. The molecule has 0 amide bonds. The van der Waals surface area contributed by atoms with Gasteiger partial charge in [-0.15, -0.1) is 10.2 Å². The summed E-state index contributed by atoms with van der Waals surface area (Å²) < 4.78 is 0. The van der Waals surface area contributed by atoms with Gasteiger partial charge in [-0.05, 0) is 6.92 Å². The van der Waals surface area contributed by atoms with Gasteiger partial charge in [0.15, 0.2) is 10.3 Å². The summed E-state index contributed by atoms with van der Waals surface area (Å²) in [7, 11) is 0. The van der Waals surface area contributed by atoms with Gasteiger partial charge in [-0.3, -0.25) is 0 Å². The van der Waals surface area contributed by atoms with Crippen LogP contribution in [-0.2, 0) is 0 Å². The van der Waals surface area contributed by atoms with Crippen molar-refractivity contribution in [2.24, 2.45) is 0 Å². The number of hydrogen-bond acceptors (Lipinski definition) is 4. The third kappa shape index (κ3) is 1.78. The third-order valence-corrected chi connectivity index (χ3v) is 2.56. The normalized spacial score (nSPS) is 19.3. The summed E-state index contributed by atoms with van der Waals surface area (Å²) in [5.41, 5.74) is 0.0807. The van der Waals surface area contributed by atoms with Gasteiger partial charge in [0.05, 0.1) is 11.3 Å². The van der Waals surface area contributed by atoms with E-state index in [0.29, 0.717) is 23.4 Å². The minimum Gasteiger partial charge on any atom is -0.386 e. The topological polar surface area (TPSA) is 49.2 Å². The predicted octanol–water partition coefficient (Wildman–Crippen LogP) is 1.35. The van der Waals surface area contributed by atoms with Gasteiger partial charge in [-0.2, -0.15) is 0 Å². The van der Waals surface area contributed by atoms with Gasteiger partial charge in [0, 0.05) is 19.2 Å². The molecule has 2 rings (SSSR count). The molecule has 0 bridgehead atoms. The molecule has 76 valence electrons. The van der Waals surface area contributed by atoms with Gasteiger partial charge in [0.1, 0.15) is 0 Å². The maximum Gasteiger partial charge on any atom is 0.175 e. The van der Waals surface area contributed by atoms with Crippen molar-refractivity contribution in [3.63, 3.8) is 0 Å². The van der Waals surface area contributed by atoms with E-state index in [2.05, 4.69) is 10.2 Å². The number of halogens is 2. The second-order valence-electron chi connectivity index (χ2n) is 3.70. The summed E-state index contributed by atoms with van der Waals surface area (Å²) in [4.78, 5) is 1.91. The molecular weight excluding hydrogens is 225 g/mol. The van der Waals surface area contributed by atoms with Gasteiger partial charge in [-0.1, -0.05) is 23.2 Å². The van der Waals surface area contributed by atoms with Crippen LogP contribution in [0.2, 0.25) is 10.3 Å². The Hall–Kier alpha value is -0.580. The molecule has 0 unspecified atom stereocenters. The van der Waals surface area contributed by atoms with Crippen LogP contribution in [0.15, 0.2) is 6.07 Å². The molecule has 1 aromatic rings. The van der Waals surface area contributed by atoms with E-state index < -0.39 is 5.60 Å². The Kier molecular flexibility index (Phi) is 2.29. The first-order valence-corrected chi connectivity index (χ1v) is 4.90. The predicted molar refractivity (Wildman–Crippen MR) is 54.9 cm³/mol. The van der Waals surface area contributed by atoms with E-state index in [9.17, 15) is 5.11 Å². The lowest BCUT2D eigenvalue weighted by Gasteiger charge is -2.45. The van der Waals surface area contributed by atoms with Crippen molar-refractivity contribution in [1.82, 2.24) is 10.2 Å². The van der Waals surface area contributed by atoms with Crippen LogP contribution in [-0.4, -0.2) is 34.0 Å². The largest absolute Gasteiger partial charge is 0.386 e. The number of nitrogens with zero attached hydrogens (tertiary/aromatic N) is 3. The van der Waals surface area contributed by atoms with E-state index in [1.165, 1.54) is 0 Å². The lowest BCUT2D eigenvalue weighted by Crippen LogP contribution is -2.60. The Morgan fingerprint density at radius 3 is 2.64 bits per heavy atom. The lowest BCUT2D eigenvalue weighted by atomic mass is 9.96. The molecule has 1 aromatic heterocycles. The van der Waals surface area contributed by atoms with Crippen molar-refractivity contribution in [2.45, 2.75) is 12.5 Å². The van der Waals surface area contributed by atoms with E-state index in [1.807, 2.05) is 4.90 Å². The molecular formula is C8H9Cl2N3O. The summed E-state index contributed by atoms with van der Waals surface area (Å²) in [6, 6.07) is 1.64. The number of aromatic nitrogens is 2. The zero-order chi connectivity index (χ0) is 10.3. The summed E-state index contributed by atoms with van der Waals surface area (Å²) in [6.07, 6.45) is 0. The molecule has 1 aliphatic heterocycles. The first kappa shape index (κ1) is 9.96. The molecule has 4 nitrogen and oxygen atoms in total. The molecule has 0 spiro atoms. The number of anilines is 1. The molecule has 1 N–H and O–H groups in total. The minimum absolute atomic E-state index is 0.302. The summed E-state index contributed by atoms with van der Waals surface area (Å²) >= 11 is 11.5. The van der Waals surface area contributed by atoms with Crippen LogP contribution in [0.1, 0.15) is 6.92 Å². The van der Waals surface area contributed by atoms with E-state index in [4.69, 9.17) is 23.2 Å². The number of β-amino-alcohol motifs (C(OH)–C–C–N with tert-alkyl or cyclic N) is 1. The van der Waals surface area contributed by atoms with Crippen LogP contribution >= 0.6 is 23.2 Å². The van der Waals surface area contributed by atoms with Crippen molar-refractivity contribution in [1.29, 1.82) is 0 Å². The standard InChI is InChI=1S/C8H9Cl2N3O/c1-8(14)3-13(4-8)5-2-6(9)11-12-7(5)10/h2,14H,3-4H2,1H3. The maximum atomic E-state index is 9.55. The Morgan fingerprint density at radius 1 is 1.43 bits per heavy atom. The highest BCUT2D eigenvalue weighted by Gasteiger charge is 2.37. The maximum absolute atomic E-state index is 9.55. The zero-order valence-electron chi connectivity index (χ0n) is 7.54. The molecule has 2 heterocycles. The van der Waals surface area contributed by atoms with Crippen LogP contribution in [0.3, 0.4) is 0 Å². The van der Waals surface area contributed by atoms with Gasteiger partial charge in [0.25, 0.3) is 0 Å². The molecule has 6 heteroatoms. The van der Waals surface area contributed by atoms with Gasteiger partial charge < -0.3 is 10.0 Å². The highest BCUT2D eigenvalue weighted by Crippen LogP contribution is 2.32. The molecule has 0 saturated carbocycles. The minimum atomic E-state index is -0.640. The Balaban J connectivity index is 2.22. The summed E-state index contributed by atoms with van der Waals surface area (Å²) in [6.45, 7) is 2.84. The average molecular weight is 234 g/mol. The fraction of sp³-hybridized carbons (Fsp3) is 0.500. The lowest BCUT2D eigenvalue weighted by molar-refractivity contribution is 0.0310. The zero-order valence-corrected chi connectivity index (χ0v) is 9.05. The second-order valence-corrected chi connectivity index (χ2v) is 4.44. The van der Waals surface area contributed by atoms with Gasteiger partial charge in [-0.25, -0.2) is 0 Å². The Bertz CT molecular complexity index is 362. The van der Waals surface area contributed by atoms with Crippen LogP contribution in [0.4, 0.5) is 5.69 Å². The SMILES string of the molecule is CC1(O)CN(c2cc(Cl)nnc2Cl)C1. The van der Waals surface area contributed by atoms with Crippen molar-refractivity contribution in [3.05, 3.63) is 16.4 Å². The first-order valence-electron chi connectivity index (χ1n) is 4.14. The fourth-order valence-electron chi connectivity index (χ4n) is 1.51. The molecule has 0 atom stereocenters. The Labute approximate surface area is 91.5 Å². The molecule has 1 saturated heterocycles. The number of rotatable bonds is 1. The molecule has 1 aliphatic rings. The first-order chi connectivity index (χ1) is 6.48. The van der Waals surface area contributed by atoms with E-state index in [-0.39, 0.29) is 0 Å². The second kappa shape index (κ2) is 3.22. The van der Waals surface area contributed by atoms with Crippen LogP contribution in [0.5, 0.6) is 0 Å². The monoisotopic (exact) mass is 233 g/mol. The van der Waals surface area contributed by atoms with Crippen molar-refractivity contribution in [3.8, 4) is 0 Å². The molecule has 14 heavy (non-hydrogen) atoms. The third-order valence-electron chi connectivity index (χ3n) is 2.10. The van der Waals surface area contributed by atoms with E-state index in [1.54, 1.807) is 13.0 Å². The van der Waals surface area contributed by atoms with Gasteiger partial charge >= 0.3 is 0 Å². The fourth-order valence-corrected chi connectivity index (χ4v) is 1.87. The van der Waals surface area contributed by atoms with Gasteiger partial charge in [0.2, 0.25) is 0 Å². The molecule has 0 aliphatic carbocycles. The average Bonchev–Trinajstić information content (AvgIpc) is 2.05. The van der Waals surface area contributed by atoms with Crippen LogP contribution in [0.25, 0.3) is 0 Å². The Morgan fingerprint density at radius 2 is 2.07 bits per heavy atom. The van der Waals surface area contributed by atoms with Crippen molar-refractivity contribution >= 4 is 28.9 Å². The quantitative estimate of drug-likeness (QED) is 0.796. The smallest absolute Gasteiger partial charge is 0.175 e.